The van der Waals surface area contributed by atoms with Crippen LogP contribution in [0, 0.1) is 11.2 Å². The van der Waals surface area contributed by atoms with Crippen molar-refractivity contribution in [2.45, 2.75) is 20.8 Å². The van der Waals surface area contributed by atoms with Crippen LogP contribution in [0.5, 0.6) is 0 Å². The fourth-order valence-corrected chi connectivity index (χ4v) is 0.948. The van der Waals surface area contributed by atoms with E-state index >= 15 is 0 Å². The second kappa shape index (κ2) is 3.88. The standard InChI is InChI=1S/C11H15FN2O/c1-11(2,3)10(15)14-9-6-7(13)4-5-8(9)12/h4-6H,13H2,1-3H3,(H,14,15). The Bertz CT molecular complexity index is 383. The lowest BCUT2D eigenvalue weighted by Crippen LogP contribution is -2.28. The highest BCUT2D eigenvalue weighted by Gasteiger charge is 2.22. The first-order chi connectivity index (χ1) is 6.80. The van der Waals surface area contributed by atoms with Crippen LogP contribution in [0.1, 0.15) is 20.8 Å². The first-order valence-electron chi connectivity index (χ1n) is 4.67. The van der Waals surface area contributed by atoms with Crippen LogP contribution in [-0.4, -0.2) is 5.91 Å². The quantitative estimate of drug-likeness (QED) is 0.699. The van der Waals surface area contributed by atoms with Crippen molar-refractivity contribution >= 4 is 17.3 Å². The summed E-state index contributed by atoms with van der Waals surface area (Å²) in [5.74, 6) is -0.728. The molecule has 1 rings (SSSR count). The number of carbonyl (C=O) groups is 1. The first kappa shape index (κ1) is 11.5. The van der Waals surface area contributed by atoms with Gasteiger partial charge < -0.3 is 11.1 Å². The molecule has 0 spiro atoms. The van der Waals surface area contributed by atoms with Gasteiger partial charge in [-0.1, -0.05) is 20.8 Å². The Morgan fingerprint density at radius 2 is 2.00 bits per heavy atom. The molecule has 0 heterocycles. The predicted molar refractivity (Wildman–Crippen MR) is 58.9 cm³/mol. The Kier molecular flexibility index (Phi) is 2.98. The van der Waals surface area contributed by atoms with Crippen molar-refractivity contribution in [3.05, 3.63) is 24.0 Å². The maximum atomic E-state index is 13.2. The molecule has 15 heavy (non-hydrogen) atoms. The van der Waals surface area contributed by atoms with Crippen molar-refractivity contribution < 1.29 is 9.18 Å². The molecule has 0 radical (unpaired) electrons. The van der Waals surface area contributed by atoms with Gasteiger partial charge in [0.25, 0.3) is 0 Å². The molecular weight excluding hydrogens is 195 g/mol. The molecule has 0 fully saturated rings. The zero-order valence-electron chi connectivity index (χ0n) is 9.10. The number of rotatable bonds is 1. The number of amides is 1. The van der Waals surface area contributed by atoms with E-state index in [0.29, 0.717) is 5.69 Å². The van der Waals surface area contributed by atoms with Gasteiger partial charge in [0.1, 0.15) is 5.82 Å². The average molecular weight is 210 g/mol. The molecule has 3 N–H and O–H groups in total. The van der Waals surface area contributed by atoms with E-state index in [1.54, 1.807) is 20.8 Å². The highest BCUT2D eigenvalue weighted by Crippen LogP contribution is 2.21. The summed E-state index contributed by atoms with van der Waals surface area (Å²) in [6, 6.07) is 4.08. The molecule has 0 saturated carbocycles. The van der Waals surface area contributed by atoms with Gasteiger partial charge >= 0.3 is 0 Å². The maximum Gasteiger partial charge on any atom is 0.229 e. The summed E-state index contributed by atoms with van der Waals surface area (Å²) in [5.41, 5.74) is 5.47. The molecule has 0 bridgehead atoms. The van der Waals surface area contributed by atoms with Crippen LogP contribution in [0.15, 0.2) is 18.2 Å². The smallest absolute Gasteiger partial charge is 0.229 e. The number of anilines is 2. The minimum absolute atomic E-state index is 0.120. The van der Waals surface area contributed by atoms with Gasteiger partial charge in [-0.3, -0.25) is 4.79 Å². The minimum atomic E-state index is -0.558. The van der Waals surface area contributed by atoms with Gasteiger partial charge in [-0.05, 0) is 18.2 Å². The second-order valence-corrected chi connectivity index (χ2v) is 4.44. The van der Waals surface area contributed by atoms with Crippen LogP contribution >= 0.6 is 0 Å². The summed E-state index contributed by atoms with van der Waals surface area (Å²) in [5, 5.41) is 2.50. The van der Waals surface area contributed by atoms with E-state index in [4.69, 9.17) is 5.73 Å². The normalized spacial score (nSPS) is 11.2. The average Bonchev–Trinajstić information content (AvgIpc) is 2.09. The summed E-state index contributed by atoms with van der Waals surface area (Å²) in [4.78, 5) is 11.6. The van der Waals surface area contributed by atoms with Crippen molar-refractivity contribution in [1.82, 2.24) is 0 Å². The van der Waals surface area contributed by atoms with Crippen LogP contribution in [0.2, 0.25) is 0 Å². The molecule has 0 aliphatic rings. The molecule has 4 heteroatoms. The van der Waals surface area contributed by atoms with Crippen molar-refractivity contribution in [2.24, 2.45) is 5.41 Å². The van der Waals surface area contributed by atoms with E-state index < -0.39 is 11.2 Å². The largest absolute Gasteiger partial charge is 0.399 e. The Labute approximate surface area is 88.5 Å². The Balaban J connectivity index is 2.90. The third-order valence-electron chi connectivity index (χ3n) is 1.92. The SMILES string of the molecule is CC(C)(C)C(=O)Nc1cc(N)ccc1F. The molecule has 1 aromatic rings. The molecule has 1 amide bonds. The summed E-state index contributed by atoms with van der Waals surface area (Å²) >= 11 is 0. The third kappa shape index (κ3) is 2.94. The van der Waals surface area contributed by atoms with Crippen LogP contribution in [0.3, 0.4) is 0 Å². The van der Waals surface area contributed by atoms with Crippen molar-refractivity contribution in [1.29, 1.82) is 0 Å². The Morgan fingerprint density at radius 3 is 2.53 bits per heavy atom. The molecule has 3 nitrogen and oxygen atoms in total. The van der Waals surface area contributed by atoms with E-state index in [9.17, 15) is 9.18 Å². The van der Waals surface area contributed by atoms with Gasteiger partial charge in [0.15, 0.2) is 0 Å². The van der Waals surface area contributed by atoms with Crippen LogP contribution in [-0.2, 0) is 4.79 Å². The number of benzene rings is 1. The van der Waals surface area contributed by atoms with E-state index in [2.05, 4.69) is 5.32 Å². The van der Waals surface area contributed by atoms with Gasteiger partial charge in [-0.25, -0.2) is 4.39 Å². The third-order valence-corrected chi connectivity index (χ3v) is 1.92. The van der Waals surface area contributed by atoms with Crippen molar-refractivity contribution in [3.8, 4) is 0 Å². The van der Waals surface area contributed by atoms with Gasteiger partial charge in [-0.15, -0.1) is 0 Å². The van der Waals surface area contributed by atoms with Crippen LogP contribution < -0.4 is 11.1 Å². The number of nitrogen functional groups attached to an aromatic ring is 1. The fourth-order valence-electron chi connectivity index (χ4n) is 0.948. The highest BCUT2D eigenvalue weighted by molar-refractivity contribution is 5.94. The summed E-state index contributed by atoms with van der Waals surface area (Å²) in [6.45, 7) is 5.27. The molecule has 0 atom stereocenters. The molecule has 0 unspecified atom stereocenters. The zero-order chi connectivity index (χ0) is 11.6. The number of nitrogens with two attached hydrogens (primary N) is 1. The number of carbonyl (C=O) groups excluding carboxylic acids is 1. The van der Waals surface area contributed by atoms with Crippen molar-refractivity contribution in [2.75, 3.05) is 11.1 Å². The molecule has 0 aliphatic carbocycles. The van der Waals surface area contributed by atoms with E-state index in [1.165, 1.54) is 18.2 Å². The summed E-state index contributed by atoms with van der Waals surface area (Å²) in [6.07, 6.45) is 0. The Hall–Kier alpha value is -1.58. The maximum absolute atomic E-state index is 13.2. The topological polar surface area (TPSA) is 55.1 Å². The number of halogens is 1. The lowest BCUT2D eigenvalue weighted by atomic mass is 9.95. The van der Waals surface area contributed by atoms with Crippen LogP contribution in [0.4, 0.5) is 15.8 Å². The Morgan fingerprint density at radius 1 is 1.40 bits per heavy atom. The lowest BCUT2D eigenvalue weighted by molar-refractivity contribution is -0.123. The van der Waals surface area contributed by atoms with Gasteiger partial charge in [0.05, 0.1) is 5.69 Å². The molecular formula is C11H15FN2O. The number of nitrogens with one attached hydrogen (secondary N) is 1. The van der Waals surface area contributed by atoms with Crippen LogP contribution in [0.25, 0.3) is 0 Å². The van der Waals surface area contributed by atoms with E-state index in [-0.39, 0.29) is 11.6 Å². The van der Waals surface area contributed by atoms with Gasteiger partial charge in [0.2, 0.25) is 5.91 Å². The monoisotopic (exact) mass is 210 g/mol. The van der Waals surface area contributed by atoms with E-state index in [0.717, 1.165) is 0 Å². The highest BCUT2D eigenvalue weighted by atomic mass is 19.1. The molecule has 1 aromatic carbocycles. The first-order valence-corrected chi connectivity index (χ1v) is 4.67. The van der Waals surface area contributed by atoms with E-state index in [1.807, 2.05) is 0 Å². The predicted octanol–water partition coefficient (Wildman–Crippen LogP) is 2.39. The molecule has 0 saturated heterocycles. The fraction of sp³-hybridized carbons (Fsp3) is 0.364. The number of hydrogen-bond donors (Lipinski definition) is 2. The molecule has 0 aromatic heterocycles. The summed E-state index contributed by atoms with van der Waals surface area (Å²) in [7, 11) is 0. The number of hydrogen-bond acceptors (Lipinski definition) is 2. The summed E-state index contributed by atoms with van der Waals surface area (Å²) < 4.78 is 13.2. The van der Waals surface area contributed by atoms with Gasteiger partial charge in [-0.2, -0.15) is 0 Å². The van der Waals surface area contributed by atoms with Gasteiger partial charge in [0, 0.05) is 11.1 Å². The molecule has 0 aliphatic heterocycles. The minimum Gasteiger partial charge on any atom is -0.399 e. The zero-order valence-corrected chi connectivity index (χ0v) is 9.10. The lowest BCUT2D eigenvalue weighted by Gasteiger charge is -2.18. The molecule has 82 valence electrons. The van der Waals surface area contributed by atoms with Crippen molar-refractivity contribution in [3.63, 3.8) is 0 Å². The second-order valence-electron chi connectivity index (χ2n) is 4.44.